The lowest BCUT2D eigenvalue weighted by Gasteiger charge is -2.34. The molecule has 1 aliphatic rings. The van der Waals surface area contributed by atoms with Gasteiger partial charge in [0.2, 0.25) is 0 Å². The molecule has 2 heterocycles. The maximum absolute atomic E-state index is 13.2. The average Bonchev–Trinajstić information content (AvgIpc) is 2.87. The number of fused-ring (bicyclic) bond motifs is 1. The van der Waals surface area contributed by atoms with E-state index in [0.717, 1.165) is 12.1 Å². The van der Waals surface area contributed by atoms with Crippen LogP contribution in [0, 0.1) is 12.7 Å². The molecule has 1 atom stereocenters. The highest BCUT2D eigenvalue weighted by atomic mass is 19.4. The van der Waals surface area contributed by atoms with E-state index < -0.39 is 29.6 Å². The average molecular weight is 358 g/mol. The lowest BCUT2D eigenvalue weighted by atomic mass is 10.0. The predicted molar refractivity (Wildman–Crippen MR) is 76.8 cm³/mol. The molecule has 1 aromatic heterocycles. The van der Waals surface area contributed by atoms with E-state index in [1.165, 1.54) is 4.90 Å². The van der Waals surface area contributed by atoms with Gasteiger partial charge in [-0.3, -0.25) is 9.69 Å². The normalized spacial score (nSPS) is 18.2. The van der Waals surface area contributed by atoms with Crippen LogP contribution in [0.4, 0.5) is 17.6 Å². The number of rotatable bonds is 3. The van der Waals surface area contributed by atoms with Crippen molar-refractivity contribution in [2.45, 2.75) is 38.8 Å². The van der Waals surface area contributed by atoms with Gasteiger partial charge < -0.3 is 9.67 Å². The summed E-state index contributed by atoms with van der Waals surface area (Å²) in [4.78, 5) is 12.9. The largest absolute Gasteiger partial charge is 0.480 e. The lowest BCUT2D eigenvalue weighted by Crippen LogP contribution is -2.47. The summed E-state index contributed by atoms with van der Waals surface area (Å²) in [6, 6.07) is 1.34. The van der Waals surface area contributed by atoms with E-state index in [4.69, 9.17) is 0 Å². The number of alkyl halides is 3. The third kappa shape index (κ3) is 3.34. The van der Waals surface area contributed by atoms with Gasteiger partial charge in [-0.05, 0) is 24.6 Å². The zero-order valence-electron chi connectivity index (χ0n) is 13.1. The summed E-state index contributed by atoms with van der Waals surface area (Å²) in [5.74, 6) is -1.14. The van der Waals surface area contributed by atoms with Crippen molar-refractivity contribution in [2.24, 2.45) is 0 Å². The van der Waals surface area contributed by atoms with Crippen molar-refractivity contribution in [1.29, 1.82) is 0 Å². The van der Waals surface area contributed by atoms with E-state index in [2.05, 4.69) is 10.2 Å². The number of aromatic nitrogens is 3. The Morgan fingerprint density at radius 3 is 2.72 bits per heavy atom. The van der Waals surface area contributed by atoms with Gasteiger partial charge in [0.15, 0.2) is 0 Å². The van der Waals surface area contributed by atoms with Crippen LogP contribution in [-0.4, -0.2) is 36.8 Å². The van der Waals surface area contributed by atoms with Crippen LogP contribution in [0.25, 0.3) is 0 Å². The summed E-state index contributed by atoms with van der Waals surface area (Å²) in [5.41, 5.74) is -1.30. The van der Waals surface area contributed by atoms with Gasteiger partial charge in [-0.25, -0.2) is 4.39 Å². The Kier molecular flexibility index (Phi) is 4.23. The molecule has 0 spiro atoms. The summed E-state index contributed by atoms with van der Waals surface area (Å²) in [6.45, 7) is 1.45. The Morgan fingerprint density at radius 1 is 1.36 bits per heavy atom. The van der Waals surface area contributed by atoms with Crippen molar-refractivity contribution in [1.82, 2.24) is 19.7 Å². The lowest BCUT2D eigenvalue weighted by molar-refractivity contribution is -0.145. The molecule has 1 unspecified atom stereocenters. The molecule has 0 fully saturated rings. The second-order valence-electron chi connectivity index (χ2n) is 5.83. The Labute approximate surface area is 139 Å². The number of halogens is 4. The van der Waals surface area contributed by atoms with Gasteiger partial charge in [0, 0.05) is 6.54 Å². The smallest absolute Gasteiger partial charge is 0.416 e. The monoisotopic (exact) mass is 358 g/mol. The Balaban J connectivity index is 1.95. The number of hydrogen-bond acceptors (Lipinski definition) is 4. The first kappa shape index (κ1) is 17.3. The fourth-order valence-electron chi connectivity index (χ4n) is 2.93. The minimum Gasteiger partial charge on any atom is -0.480 e. The SMILES string of the molecule is Cc1nnc2n1CC(C(=O)O)N(Cc1ccc(F)cc1C(F)(F)F)C2. The summed E-state index contributed by atoms with van der Waals surface area (Å²) in [6.07, 6.45) is -4.73. The first-order chi connectivity index (χ1) is 11.7. The van der Waals surface area contributed by atoms with E-state index in [1.807, 2.05) is 0 Å². The molecule has 0 saturated heterocycles. The van der Waals surface area contributed by atoms with Crippen LogP contribution in [0.2, 0.25) is 0 Å². The van der Waals surface area contributed by atoms with Crippen LogP contribution in [0.1, 0.15) is 22.8 Å². The number of hydrogen-bond donors (Lipinski definition) is 1. The molecule has 25 heavy (non-hydrogen) atoms. The second kappa shape index (κ2) is 6.10. The third-order valence-electron chi connectivity index (χ3n) is 4.19. The van der Waals surface area contributed by atoms with Crippen LogP contribution >= 0.6 is 0 Å². The molecule has 0 radical (unpaired) electrons. The van der Waals surface area contributed by atoms with Crippen LogP contribution in [-0.2, 0) is 30.6 Å². The molecule has 0 amide bonds. The Hall–Kier alpha value is -2.49. The molecule has 0 saturated carbocycles. The van der Waals surface area contributed by atoms with Crippen molar-refractivity contribution < 1.29 is 27.5 Å². The molecule has 6 nitrogen and oxygen atoms in total. The number of carbonyl (C=O) groups is 1. The predicted octanol–water partition coefficient (Wildman–Crippen LogP) is 2.21. The van der Waals surface area contributed by atoms with Crippen LogP contribution in [0.5, 0.6) is 0 Å². The van der Waals surface area contributed by atoms with Crippen molar-refractivity contribution in [3.05, 3.63) is 46.8 Å². The van der Waals surface area contributed by atoms with Gasteiger partial charge in [-0.1, -0.05) is 6.07 Å². The topological polar surface area (TPSA) is 71.2 Å². The summed E-state index contributed by atoms with van der Waals surface area (Å²) < 4.78 is 54.3. The molecule has 1 aromatic carbocycles. The first-order valence-electron chi connectivity index (χ1n) is 7.38. The number of carboxylic acids is 1. The highest BCUT2D eigenvalue weighted by molar-refractivity contribution is 5.73. The number of aliphatic carboxylic acids is 1. The molecule has 1 N–H and O–H groups in total. The van der Waals surface area contributed by atoms with Gasteiger partial charge in [0.1, 0.15) is 23.5 Å². The van der Waals surface area contributed by atoms with Crippen LogP contribution in [0.3, 0.4) is 0 Å². The fraction of sp³-hybridized carbons (Fsp3) is 0.400. The molecular weight excluding hydrogens is 344 g/mol. The van der Waals surface area contributed by atoms with Gasteiger partial charge >= 0.3 is 12.1 Å². The summed E-state index contributed by atoms with van der Waals surface area (Å²) in [5, 5.41) is 17.2. The van der Waals surface area contributed by atoms with Crippen molar-refractivity contribution in [3.8, 4) is 0 Å². The number of carboxylic acid groups (broad SMARTS) is 1. The van der Waals surface area contributed by atoms with E-state index in [0.29, 0.717) is 17.7 Å². The summed E-state index contributed by atoms with van der Waals surface area (Å²) >= 11 is 0. The quantitative estimate of drug-likeness (QED) is 0.852. The fourth-order valence-corrected chi connectivity index (χ4v) is 2.93. The van der Waals surface area contributed by atoms with Gasteiger partial charge in [-0.15, -0.1) is 10.2 Å². The maximum Gasteiger partial charge on any atom is 0.416 e. The summed E-state index contributed by atoms with van der Waals surface area (Å²) in [7, 11) is 0. The molecule has 134 valence electrons. The Bertz CT molecular complexity index is 818. The van der Waals surface area contributed by atoms with Crippen molar-refractivity contribution >= 4 is 5.97 Å². The van der Waals surface area contributed by atoms with Crippen LogP contribution < -0.4 is 0 Å². The van der Waals surface area contributed by atoms with Crippen LogP contribution in [0.15, 0.2) is 18.2 Å². The standard InChI is InChI=1S/C15H14F4N4O2/c1-8-20-21-13-7-22(12(14(24)25)6-23(8)13)5-9-2-3-10(16)4-11(9)15(17,18)19/h2-4,12H,5-7H2,1H3,(H,24,25). The van der Waals surface area contributed by atoms with Crippen molar-refractivity contribution in [3.63, 3.8) is 0 Å². The van der Waals surface area contributed by atoms with Gasteiger partial charge in [0.05, 0.1) is 18.7 Å². The highest BCUT2D eigenvalue weighted by Gasteiger charge is 2.37. The van der Waals surface area contributed by atoms with Crippen molar-refractivity contribution in [2.75, 3.05) is 0 Å². The maximum atomic E-state index is 13.2. The molecule has 0 aliphatic carbocycles. The van der Waals surface area contributed by atoms with E-state index in [9.17, 15) is 27.5 Å². The number of nitrogens with zero attached hydrogens (tertiary/aromatic N) is 4. The second-order valence-corrected chi connectivity index (χ2v) is 5.83. The van der Waals surface area contributed by atoms with E-state index >= 15 is 0 Å². The van der Waals surface area contributed by atoms with E-state index in [-0.39, 0.29) is 25.2 Å². The molecule has 0 bridgehead atoms. The zero-order chi connectivity index (χ0) is 18.4. The van der Waals surface area contributed by atoms with E-state index in [1.54, 1.807) is 11.5 Å². The molecular formula is C15H14F4N4O2. The molecule has 3 rings (SSSR count). The van der Waals surface area contributed by atoms with Gasteiger partial charge in [-0.2, -0.15) is 13.2 Å². The molecule has 10 heteroatoms. The third-order valence-corrected chi connectivity index (χ3v) is 4.19. The minimum absolute atomic E-state index is 0.0338. The van der Waals surface area contributed by atoms with Gasteiger partial charge in [0.25, 0.3) is 0 Å². The molecule has 1 aliphatic heterocycles. The molecule has 2 aromatic rings. The zero-order valence-corrected chi connectivity index (χ0v) is 13.1. The Morgan fingerprint density at radius 2 is 2.08 bits per heavy atom. The first-order valence-corrected chi connectivity index (χ1v) is 7.38. The minimum atomic E-state index is -4.73. The number of aryl methyl sites for hydroxylation is 1. The number of benzene rings is 1. The highest BCUT2D eigenvalue weighted by Crippen LogP contribution is 2.34.